The lowest BCUT2D eigenvalue weighted by Crippen LogP contribution is -2.55. The predicted octanol–water partition coefficient (Wildman–Crippen LogP) is -1.01. The molecule has 0 saturated carbocycles. The summed E-state index contributed by atoms with van der Waals surface area (Å²) in [7, 11) is 0. The number of hydrogen-bond acceptors (Lipinski definition) is 15. The molecule has 228 valence electrons. The summed E-state index contributed by atoms with van der Waals surface area (Å²) in [4.78, 5) is 37.4. The van der Waals surface area contributed by atoms with Crippen LogP contribution in [0.25, 0.3) is 11.0 Å². The predicted molar refractivity (Wildman–Crippen MR) is 135 cm³/mol. The number of aromatic hydroxyl groups is 1. The quantitative estimate of drug-likeness (QED) is 0.211. The Kier molecular flexibility index (Phi) is 7.67. The fourth-order valence-corrected chi connectivity index (χ4v) is 5.16. The number of esters is 2. The molecular formula is C27H30O15. The molecule has 0 spiro atoms. The van der Waals surface area contributed by atoms with Gasteiger partial charge in [0.15, 0.2) is 23.1 Å². The van der Waals surface area contributed by atoms with Crippen molar-refractivity contribution in [3.63, 3.8) is 0 Å². The fourth-order valence-electron chi connectivity index (χ4n) is 5.16. The number of cyclic esters (lactones) is 1. The maximum atomic E-state index is 13.4. The van der Waals surface area contributed by atoms with Crippen LogP contribution in [0, 0.1) is 6.92 Å². The summed E-state index contributed by atoms with van der Waals surface area (Å²) in [5.74, 6) is -4.98. The van der Waals surface area contributed by atoms with E-state index < -0.39 is 90.6 Å². The zero-order valence-corrected chi connectivity index (χ0v) is 22.7. The number of aliphatic hydroxyl groups excluding tert-OH is 5. The summed E-state index contributed by atoms with van der Waals surface area (Å²) in [5, 5.41) is 62.3. The third-order valence-corrected chi connectivity index (χ3v) is 7.40. The van der Waals surface area contributed by atoms with Crippen LogP contribution in [0.4, 0.5) is 0 Å². The van der Waals surface area contributed by atoms with Crippen LogP contribution in [-0.4, -0.2) is 92.4 Å². The topological polar surface area (TPSA) is 232 Å². The molecule has 1 aromatic carbocycles. The number of rotatable bonds is 7. The van der Waals surface area contributed by atoms with E-state index >= 15 is 0 Å². The lowest BCUT2D eigenvalue weighted by atomic mass is 9.89. The van der Waals surface area contributed by atoms with Crippen molar-refractivity contribution in [2.24, 2.45) is 0 Å². The Morgan fingerprint density at radius 2 is 1.83 bits per heavy atom. The van der Waals surface area contributed by atoms with E-state index in [1.54, 1.807) is 6.92 Å². The standard InChI is InChI=1S/C27H30O15/c1-4-15(32)37-8-12(31)21-24-25(26(36)40-21)42-27(3,41-24)14-6-11(30)16-9(2)5-10(29)17(22(16)39-14)23-20(35)19(34)18(33)13(7-28)38-23/h5-6,12-13,18-21,23,28-29,31,33-35H,4,7-8H2,1-3H3/t12?,13-,18-,19+,20-,21?,23?,27?/m1/s1. The molecule has 42 heavy (non-hydrogen) atoms. The van der Waals surface area contributed by atoms with E-state index in [0.717, 1.165) is 6.07 Å². The van der Waals surface area contributed by atoms with E-state index in [2.05, 4.69) is 0 Å². The Morgan fingerprint density at radius 1 is 1.12 bits per heavy atom. The minimum atomic E-state index is -1.97. The normalized spacial score (nSPS) is 31.4. The van der Waals surface area contributed by atoms with Gasteiger partial charge in [-0.05, 0) is 18.6 Å². The molecule has 3 aliphatic rings. The highest BCUT2D eigenvalue weighted by Gasteiger charge is 2.55. The summed E-state index contributed by atoms with van der Waals surface area (Å²) in [5.41, 5.74) is -0.909. The molecule has 2 aromatic rings. The second-order valence-corrected chi connectivity index (χ2v) is 10.3. The van der Waals surface area contributed by atoms with Gasteiger partial charge in [-0.15, -0.1) is 0 Å². The highest BCUT2D eigenvalue weighted by Crippen LogP contribution is 2.47. The minimum Gasteiger partial charge on any atom is -0.507 e. The zero-order valence-electron chi connectivity index (χ0n) is 22.7. The number of benzene rings is 1. The summed E-state index contributed by atoms with van der Waals surface area (Å²) >= 11 is 0. The van der Waals surface area contributed by atoms with E-state index in [1.165, 1.54) is 19.9 Å². The number of phenolic OH excluding ortho intramolecular Hbond substituents is 1. The van der Waals surface area contributed by atoms with Gasteiger partial charge in [-0.1, -0.05) is 6.92 Å². The van der Waals surface area contributed by atoms with E-state index in [0.29, 0.717) is 0 Å². The third-order valence-electron chi connectivity index (χ3n) is 7.40. The minimum absolute atomic E-state index is 0.0314. The smallest absolute Gasteiger partial charge is 0.378 e. The molecule has 0 aliphatic carbocycles. The van der Waals surface area contributed by atoms with Crippen molar-refractivity contribution in [3.05, 3.63) is 50.8 Å². The fraction of sp³-hybridized carbons (Fsp3) is 0.519. The van der Waals surface area contributed by atoms with Crippen molar-refractivity contribution >= 4 is 22.9 Å². The van der Waals surface area contributed by atoms with Crippen LogP contribution in [0.5, 0.6) is 5.75 Å². The molecule has 3 aliphatic heterocycles. The first-order valence-corrected chi connectivity index (χ1v) is 13.1. The van der Waals surface area contributed by atoms with Crippen LogP contribution in [0.2, 0.25) is 0 Å². The van der Waals surface area contributed by atoms with Crippen LogP contribution < -0.4 is 5.43 Å². The first-order valence-electron chi connectivity index (χ1n) is 13.1. The van der Waals surface area contributed by atoms with E-state index in [1.807, 2.05) is 0 Å². The maximum Gasteiger partial charge on any atom is 0.378 e. The summed E-state index contributed by atoms with van der Waals surface area (Å²) in [6.45, 7) is 3.15. The van der Waals surface area contributed by atoms with Crippen LogP contribution in [-0.2, 0) is 39.1 Å². The van der Waals surface area contributed by atoms with Gasteiger partial charge in [-0.2, -0.15) is 0 Å². The lowest BCUT2D eigenvalue weighted by Gasteiger charge is -2.40. The van der Waals surface area contributed by atoms with Gasteiger partial charge < -0.3 is 58.7 Å². The Balaban J connectivity index is 1.55. The second-order valence-electron chi connectivity index (χ2n) is 10.3. The molecule has 0 bridgehead atoms. The Hall–Kier alpha value is -3.73. The number of carbonyl (C=O) groups is 2. The molecule has 8 atom stereocenters. The maximum absolute atomic E-state index is 13.4. The Bertz CT molecular complexity index is 1510. The second kappa shape index (κ2) is 10.8. The number of carbonyl (C=O) groups excluding carboxylic acids is 2. The van der Waals surface area contributed by atoms with Gasteiger partial charge in [0.2, 0.25) is 0 Å². The van der Waals surface area contributed by atoms with Gasteiger partial charge in [-0.25, -0.2) is 4.79 Å². The molecule has 0 amide bonds. The average molecular weight is 595 g/mol. The monoisotopic (exact) mass is 594 g/mol. The highest BCUT2D eigenvalue weighted by atomic mass is 16.8. The van der Waals surface area contributed by atoms with Crippen LogP contribution in [0.3, 0.4) is 0 Å². The first-order chi connectivity index (χ1) is 19.8. The van der Waals surface area contributed by atoms with Gasteiger partial charge >= 0.3 is 17.7 Å². The van der Waals surface area contributed by atoms with Crippen molar-refractivity contribution in [1.29, 1.82) is 0 Å². The van der Waals surface area contributed by atoms with Gasteiger partial charge in [0.1, 0.15) is 54.6 Å². The van der Waals surface area contributed by atoms with Gasteiger partial charge in [0.05, 0.1) is 17.6 Å². The van der Waals surface area contributed by atoms with Crippen molar-refractivity contribution in [3.8, 4) is 5.75 Å². The average Bonchev–Trinajstić information content (AvgIpc) is 3.46. The SMILES string of the molecule is CCC(=O)OCC(O)C1OC(=O)C2=C1OC(C)(c1cc(=O)c3c(C)cc(O)c(C4O[C@H](CO)[C@@H](O)[C@H](O)[C@H]4O)c3o1)O2. The molecule has 15 nitrogen and oxygen atoms in total. The van der Waals surface area contributed by atoms with E-state index in [-0.39, 0.29) is 40.0 Å². The Labute approximate surface area is 237 Å². The Morgan fingerprint density at radius 3 is 2.50 bits per heavy atom. The van der Waals surface area contributed by atoms with Crippen molar-refractivity contribution in [1.82, 2.24) is 0 Å². The summed E-state index contributed by atoms with van der Waals surface area (Å²) in [6.07, 6.45) is -11.0. The van der Waals surface area contributed by atoms with Crippen molar-refractivity contribution < 1.29 is 68.3 Å². The molecule has 1 aromatic heterocycles. The molecule has 5 rings (SSSR count). The van der Waals surface area contributed by atoms with Gasteiger partial charge in [0.25, 0.3) is 5.76 Å². The van der Waals surface area contributed by atoms with Crippen LogP contribution in [0.15, 0.2) is 32.9 Å². The van der Waals surface area contributed by atoms with Gasteiger partial charge in [0, 0.05) is 19.4 Å². The summed E-state index contributed by atoms with van der Waals surface area (Å²) in [6, 6.07) is 2.26. The molecule has 1 saturated heterocycles. The van der Waals surface area contributed by atoms with Crippen molar-refractivity contribution in [2.75, 3.05) is 13.2 Å². The number of hydrogen-bond donors (Lipinski definition) is 6. The molecule has 15 heteroatoms. The molecule has 4 heterocycles. The lowest BCUT2D eigenvalue weighted by molar-refractivity contribution is -0.231. The third kappa shape index (κ3) is 4.77. The number of aliphatic hydroxyl groups is 5. The number of ether oxygens (including phenoxy) is 5. The highest BCUT2D eigenvalue weighted by molar-refractivity contribution is 5.90. The summed E-state index contributed by atoms with van der Waals surface area (Å²) < 4.78 is 33.3. The molecule has 4 unspecified atom stereocenters. The number of fused-ring (bicyclic) bond motifs is 1. The molecule has 0 radical (unpaired) electrons. The largest absolute Gasteiger partial charge is 0.507 e. The van der Waals surface area contributed by atoms with E-state index in [9.17, 15) is 45.0 Å². The molecule has 6 N–H and O–H groups in total. The van der Waals surface area contributed by atoms with Crippen molar-refractivity contribution in [2.45, 2.75) is 75.7 Å². The number of aryl methyl sites for hydroxylation is 1. The van der Waals surface area contributed by atoms with Gasteiger partial charge in [-0.3, -0.25) is 9.59 Å². The van der Waals surface area contributed by atoms with Crippen LogP contribution in [0.1, 0.15) is 43.3 Å². The molecular weight excluding hydrogens is 564 g/mol. The molecule has 1 fully saturated rings. The van der Waals surface area contributed by atoms with Crippen LogP contribution >= 0.6 is 0 Å². The number of phenols is 1. The van der Waals surface area contributed by atoms with E-state index in [4.69, 9.17) is 28.1 Å². The zero-order chi connectivity index (χ0) is 30.7. The first kappa shape index (κ1) is 29.8.